The summed E-state index contributed by atoms with van der Waals surface area (Å²) in [5, 5.41) is 0. The number of benzene rings is 1. The Labute approximate surface area is 146 Å². The fourth-order valence-corrected chi connectivity index (χ4v) is 3.54. The summed E-state index contributed by atoms with van der Waals surface area (Å²) in [5.74, 6) is 0. The number of hydrogen-bond donors (Lipinski definition) is 0. The largest absolute Gasteiger partial charge is 0.295 e. The van der Waals surface area contributed by atoms with Crippen LogP contribution in [-0.4, -0.2) is 37.5 Å². The molecule has 1 aliphatic heterocycles. The number of piperidine rings is 1. The maximum Gasteiger partial charge on any atom is 0.281 e. The van der Waals surface area contributed by atoms with Gasteiger partial charge in [-0.15, -0.1) is 0 Å². The minimum Gasteiger partial charge on any atom is -0.295 e. The van der Waals surface area contributed by atoms with Crippen LogP contribution in [0, 0.1) is 0 Å². The van der Waals surface area contributed by atoms with Gasteiger partial charge in [0, 0.05) is 18.9 Å². The Kier molecular flexibility index (Phi) is 4.52. The fourth-order valence-electron chi connectivity index (χ4n) is 3.54. The zero-order valence-electron chi connectivity index (χ0n) is 14.1. The van der Waals surface area contributed by atoms with Crippen LogP contribution < -0.4 is 5.56 Å². The summed E-state index contributed by atoms with van der Waals surface area (Å²) < 4.78 is 1.67. The first-order valence-electron chi connectivity index (χ1n) is 8.78. The molecule has 1 aliphatic rings. The summed E-state index contributed by atoms with van der Waals surface area (Å²) in [6.45, 7) is 2.70. The van der Waals surface area contributed by atoms with E-state index in [4.69, 9.17) is 0 Å². The van der Waals surface area contributed by atoms with Crippen molar-refractivity contribution >= 4 is 11.2 Å². The van der Waals surface area contributed by atoms with Crippen LogP contribution in [0.15, 0.2) is 53.8 Å². The van der Waals surface area contributed by atoms with Gasteiger partial charge >= 0.3 is 0 Å². The summed E-state index contributed by atoms with van der Waals surface area (Å²) in [6.07, 6.45) is 8.39. The van der Waals surface area contributed by atoms with E-state index in [0.717, 1.165) is 13.1 Å². The van der Waals surface area contributed by atoms with Gasteiger partial charge in [0.2, 0.25) is 0 Å². The minimum atomic E-state index is -0.129. The van der Waals surface area contributed by atoms with Crippen LogP contribution in [-0.2, 0) is 6.54 Å². The Morgan fingerprint density at radius 2 is 1.72 bits per heavy atom. The molecule has 1 atom stereocenters. The van der Waals surface area contributed by atoms with Crippen molar-refractivity contribution in [1.29, 1.82) is 0 Å². The van der Waals surface area contributed by atoms with E-state index in [2.05, 4.69) is 44.1 Å². The van der Waals surface area contributed by atoms with Crippen molar-refractivity contribution in [3.8, 4) is 0 Å². The smallest absolute Gasteiger partial charge is 0.281 e. The molecule has 1 fully saturated rings. The number of fused-ring (bicyclic) bond motifs is 1. The van der Waals surface area contributed by atoms with E-state index in [0.29, 0.717) is 17.7 Å². The summed E-state index contributed by atoms with van der Waals surface area (Å²) in [6, 6.07) is 10.6. The fraction of sp³-hybridized carbons (Fsp3) is 0.368. The first-order valence-corrected chi connectivity index (χ1v) is 8.78. The molecule has 1 saturated heterocycles. The molecule has 1 aromatic carbocycles. The molecule has 6 heteroatoms. The molecule has 0 bridgehead atoms. The third-order valence-electron chi connectivity index (χ3n) is 4.85. The first-order chi connectivity index (χ1) is 12.3. The monoisotopic (exact) mass is 335 g/mol. The summed E-state index contributed by atoms with van der Waals surface area (Å²) in [7, 11) is 0. The van der Waals surface area contributed by atoms with Gasteiger partial charge in [-0.25, -0.2) is 15.0 Å². The third kappa shape index (κ3) is 3.30. The SMILES string of the molecule is O=c1c2nccnc2ncn1C[C@H](c1ccccc1)N1CCCCC1. The van der Waals surface area contributed by atoms with E-state index >= 15 is 0 Å². The molecular weight excluding hydrogens is 314 g/mol. The molecule has 0 spiro atoms. The molecule has 25 heavy (non-hydrogen) atoms. The van der Waals surface area contributed by atoms with Gasteiger partial charge in [0.15, 0.2) is 11.2 Å². The van der Waals surface area contributed by atoms with Crippen molar-refractivity contribution in [3.05, 3.63) is 65.0 Å². The second-order valence-corrected chi connectivity index (χ2v) is 6.45. The number of likely N-dealkylation sites (tertiary alicyclic amines) is 1. The maximum absolute atomic E-state index is 12.8. The average Bonchev–Trinajstić information content (AvgIpc) is 2.69. The van der Waals surface area contributed by atoms with Crippen molar-refractivity contribution in [1.82, 2.24) is 24.4 Å². The number of rotatable bonds is 4. The van der Waals surface area contributed by atoms with Crippen LogP contribution in [0.5, 0.6) is 0 Å². The lowest BCUT2D eigenvalue weighted by atomic mass is 10.0. The standard InChI is InChI=1S/C19H21N5O/c25-19-17-18(21-10-9-20-17)22-14-24(19)13-16(15-7-3-1-4-8-15)23-11-5-2-6-12-23/h1,3-4,7-10,14,16H,2,5-6,11-13H2/t16-/m1/s1. The second-order valence-electron chi connectivity index (χ2n) is 6.45. The quantitative estimate of drug-likeness (QED) is 0.733. The minimum absolute atomic E-state index is 0.129. The van der Waals surface area contributed by atoms with E-state index in [1.807, 2.05) is 6.07 Å². The van der Waals surface area contributed by atoms with Gasteiger partial charge in [0.05, 0.1) is 6.04 Å². The third-order valence-corrected chi connectivity index (χ3v) is 4.85. The highest BCUT2D eigenvalue weighted by atomic mass is 16.1. The van der Waals surface area contributed by atoms with Gasteiger partial charge in [0.25, 0.3) is 5.56 Å². The molecule has 3 heterocycles. The lowest BCUT2D eigenvalue weighted by Gasteiger charge is -2.35. The van der Waals surface area contributed by atoms with Crippen LogP contribution in [0.4, 0.5) is 0 Å². The number of hydrogen-bond acceptors (Lipinski definition) is 5. The van der Waals surface area contributed by atoms with E-state index in [1.54, 1.807) is 17.1 Å². The van der Waals surface area contributed by atoms with Crippen LogP contribution in [0.1, 0.15) is 30.9 Å². The van der Waals surface area contributed by atoms with Crippen molar-refractivity contribution in [3.63, 3.8) is 0 Å². The summed E-state index contributed by atoms with van der Waals surface area (Å²) in [5.41, 5.74) is 1.83. The maximum atomic E-state index is 12.8. The molecule has 2 aromatic heterocycles. The number of nitrogens with zero attached hydrogens (tertiary/aromatic N) is 5. The Hall–Kier alpha value is -2.60. The Bertz CT molecular complexity index is 902. The molecular formula is C19H21N5O. The molecule has 0 unspecified atom stereocenters. The van der Waals surface area contributed by atoms with Gasteiger partial charge < -0.3 is 0 Å². The van der Waals surface area contributed by atoms with Crippen molar-refractivity contribution in [2.75, 3.05) is 13.1 Å². The normalized spacial score (nSPS) is 16.8. The van der Waals surface area contributed by atoms with E-state index in [-0.39, 0.29) is 11.6 Å². The lowest BCUT2D eigenvalue weighted by Crippen LogP contribution is -2.38. The predicted molar refractivity (Wildman–Crippen MR) is 96.2 cm³/mol. The van der Waals surface area contributed by atoms with Crippen molar-refractivity contribution in [2.45, 2.75) is 31.8 Å². The van der Waals surface area contributed by atoms with E-state index in [1.165, 1.54) is 31.0 Å². The highest BCUT2D eigenvalue weighted by Gasteiger charge is 2.23. The summed E-state index contributed by atoms with van der Waals surface area (Å²) >= 11 is 0. The van der Waals surface area contributed by atoms with Gasteiger partial charge in [-0.3, -0.25) is 14.3 Å². The topological polar surface area (TPSA) is 63.9 Å². The van der Waals surface area contributed by atoms with Gasteiger partial charge in [-0.05, 0) is 31.5 Å². The molecule has 3 aromatic rings. The highest BCUT2D eigenvalue weighted by Crippen LogP contribution is 2.25. The van der Waals surface area contributed by atoms with Crippen LogP contribution >= 0.6 is 0 Å². The van der Waals surface area contributed by atoms with Crippen molar-refractivity contribution < 1.29 is 0 Å². The highest BCUT2D eigenvalue weighted by molar-refractivity contribution is 5.66. The lowest BCUT2D eigenvalue weighted by molar-refractivity contribution is 0.147. The molecule has 0 saturated carbocycles. The molecule has 0 amide bonds. The zero-order valence-corrected chi connectivity index (χ0v) is 14.1. The van der Waals surface area contributed by atoms with Gasteiger partial charge in [-0.1, -0.05) is 36.8 Å². The Balaban J connectivity index is 1.71. The van der Waals surface area contributed by atoms with E-state index in [9.17, 15) is 4.79 Å². The van der Waals surface area contributed by atoms with Gasteiger partial charge in [0.1, 0.15) is 6.33 Å². The Morgan fingerprint density at radius 3 is 2.52 bits per heavy atom. The predicted octanol–water partition coefficient (Wildman–Crippen LogP) is 2.41. The van der Waals surface area contributed by atoms with Crippen LogP contribution in [0.25, 0.3) is 11.2 Å². The molecule has 0 radical (unpaired) electrons. The average molecular weight is 335 g/mol. The number of aromatic nitrogens is 4. The zero-order chi connectivity index (χ0) is 17.1. The van der Waals surface area contributed by atoms with Gasteiger partial charge in [-0.2, -0.15) is 0 Å². The van der Waals surface area contributed by atoms with E-state index < -0.39 is 0 Å². The van der Waals surface area contributed by atoms with Crippen molar-refractivity contribution in [2.24, 2.45) is 0 Å². The molecule has 0 aliphatic carbocycles. The Morgan fingerprint density at radius 1 is 0.960 bits per heavy atom. The first kappa shape index (κ1) is 15.9. The second kappa shape index (κ2) is 7.11. The molecule has 4 rings (SSSR count). The molecule has 128 valence electrons. The van der Waals surface area contributed by atoms with Crippen LogP contribution in [0.3, 0.4) is 0 Å². The molecule has 0 N–H and O–H groups in total. The van der Waals surface area contributed by atoms with Crippen LogP contribution in [0.2, 0.25) is 0 Å². The molecule has 6 nitrogen and oxygen atoms in total. The summed E-state index contributed by atoms with van der Waals surface area (Å²) in [4.78, 5) is 27.8.